The van der Waals surface area contributed by atoms with Crippen molar-refractivity contribution >= 4 is 17.7 Å². The van der Waals surface area contributed by atoms with E-state index in [1.54, 1.807) is 11.8 Å². The lowest BCUT2D eigenvalue weighted by Crippen LogP contribution is -2.27. The van der Waals surface area contributed by atoms with Gasteiger partial charge in [-0.15, -0.1) is 11.8 Å². The van der Waals surface area contributed by atoms with E-state index in [-0.39, 0.29) is 0 Å². The maximum Gasteiger partial charge on any atom is 0.309 e. The number of benzene rings is 1. The first-order chi connectivity index (χ1) is 7.58. The van der Waals surface area contributed by atoms with Crippen molar-refractivity contribution in [2.75, 3.05) is 5.75 Å². The zero-order chi connectivity index (χ0) is 12.0. The summed E-state index contributed by atoms with van der Waals surface area (Å²) in [5, 5.41) is 9.12. The molecule has 0 saturated heterocycles. The van der Waals surface area contributed by atoms with E-state index in [4.69, 9.17) is 5.11 Å². The fraction of sp³-hybridized carbons (Fsp3) is 0.462. The summed E-state index contributed by atoms with van der Waals surface area (Å²) in [7, 11) is 0. The lowest BCUT2D eigenvalue weighted by atomic mass is 9.85. The smallest absolute Gasteiger partial charge is 0.309 e. The van der Waals surface area contributed by atoms with Crippen LogP contribution in [0, 0.1) is 5.41 Å². The van der Waals surface area contributed by atoms with Crippen molar-refractivity contribution in [1.29, 1.82) is 0 Å². The molecule has 1 atom stereocenters. The van der Waals surface area contributed by atoms with Gasteiger partial charge in [-0.25, -0.2) is 0 Å². The minimum atomic E-state index is -0.691. The van der Waals surface area contributed by atoms with Crippen LogP contribution >= 0.6 is 11.8 Å². The van der Waals surface area contributed by atoms with Crippen molar-refractivity contribution in [3.8, 4) is 0 Å². The zero-order valence-electron chi connectivity index (χ0n) is 9.77. The van der Waals surface area contributed by atoms with Crippen molar-refractivity contribution in [2.45, 2.75) is 31.6 Å². The minimum absolute atomic E-state index is 0.582. The second-order valence-corrected chi connectivity index (χ2v) is 5.30. The highest BCUT2D eigenvalue weighted by Gasteiger charge is 2.30. The molecule has 16 heavy (non-hydrogen) atoms. The Morgan fingerprint density at radius 2 is 2.00 bits per heavy atom. The normalized spacial score (nSPS) is 14.4. The largest absolute Gasteiger partial charge is 0.481 e. The predicted molar refractivity (Wildman–Crippen MR) is 67.8 cm³/mol. The van der Waals surface area contributed by atoms with Gasteiger partial charge in [-0.1, -0.05) is 25.1 Å². The Hall–Kier alpha value is -0.960. The highest BCUT2D eigenvalue weighted by atomic mass is 32.2. The Morgan fingerprint density at radius 3 is 2.50 bits per heavy atom. The summed E-state index contributed by atoms with van der Waals surface area (Å²) in [6, 6.07) is 10.1. The summed E-state index contributed by atoms with van der Waals surface area (Å²) >= 11 is 1.72. The molecule has 0 radical (unpaired) electrons. The SMILES string of the molecule is CCC(C)(CCSc1ccccc1)C(=O)O. The van der Waals surface area contributed by atoms with Gasteiger partial charge in [0.1, 0.15) is 0 Å². The molecule has 88 valence electrons. The van der Waals surface area contributed by atoms with Crippen LogP contribution in [0.2, 0.25) is 0 Å². The number of aliphatic carboxylic acids is 1. The van der Waals surface area contributed by atoms with Crippen LogP contribution in [0.25, 0.3) is 0 Å². The molecule has 1 aromatic carbocycles. The maximum atomic E-state index is 11.1. The number of hydrogen-bond acceptors (Lipinski definition) is 2. The van der Waals surface area contributed by atoms with Crippen LogP contribution in [-0.2, 0) is 4.79 Å². The summed E-state index contributed by atoms with van der Waals surface area (Å²) in [6.07, 6.45) is 1.38. The molecule has 1 unspecified atom stereocenters. The molecule has 0 fully saturated rings. The van der Waals surface area contributed by atoms with Gasteiger partial charge in [0.05, 0.1) is 5.41 Å². The van der Waals surface area contributed by atoms with E-state index in [9.17, 15) is 4.79 Å². The van der Waals surface area contributed by atoms with Crippen molar-refractivity contribution in [2.24, 2.45) is 5.41 Å². The van der Waals surface area contributed by atoms with E-state index in [1.807, 2.05) is 32.0 Å². The molecule has 0 saturated carbocycles. The molecule has 0 spiro atoms. The van der Waals surface area contributed by atoms with E-state index >= 15 is 0 Å². The second-order valence-electron chi connectivity index (χ2n) is 4.13. The van der Waals surface area contributed by atoms with Gasteiger partial charge in [-0.05, 0) is 37.7 Å². The fourth-order valence-electron chi connectivity index (χ4n) is 1.35. The molecule has 0 bridgehead atoms. The minimum Gasteiger partial charge on any atom is -0.481 e. The molecule has 0 aliphatic rings. The number of carbonyl (C=O) groups is 1. The third kappa shape index (κ3) is 3.56. The molecule has 0 heterocycles. The summed E-state index contributed by atoms with van der Waals surface area (Å²) in [5.41, 5.74) is -0.582. The van der Waals surface area contributed by atoms with Crippen LogP contribution in [0.3, 0.4) is 0 Å². The highest BCUT2D eigenvalue weighted by Crippen LogP contribution is 2.29. The van der Waals surface area contributed by atoms with E-state index in [0.29, 0.717) is 12.8 Å². The number of hydrogen-bond donors (Lipinski definition) is 1. The third-order valence-electron chi connectivity index (χ3n) is 2.96. The van der Waals surface area contributed by atoms with Crippen LogP contribution in [0.15, 0.2) is 35.2 Å². The zero-order valence-corrected chi connectivity index (χ0v) is 10.6. The molecule has 0 aliphatic carbocycles. The summed E-state index contributed by atoms with van der Waals surface area (Å²) < 4.78 is 0. The first-order valence-corrected chi connectivity index (χ1v) is 6.48. The predicted octanol–water partition coefficient (Wildman–Crippen LogP) is 3.67. The standard InChI is InChI=1S/C13H18O2S/c1-3-13(2,12(14)15)9-10-16-11-7-5-4-6-8-11/h4-8H,3,9-10H2,1-2H3,(H,14,15). The summed E-state index contributed by atoms with van der Waals surface area (Å²) in [6.45, 7) is 3.75. The Kier molecular flexibility index (Phi) is 4.87. The van der Waals surface area contributed by atoms with E-state index in [1.165, 1.54) is 4.90 Å². The molecule has 2 nitrogen and oxygen atoms in total. The van der Waals surface area contributed by atoms with Crippen LogP contribution in [0.4, 0.5) is 0 Å². The van der Waals surface area contributed by atoms with Gasteiger partial charge < -0.3 is 5.11 Å². The number of rotatable bonds is 6. The van der Waals surface area contributed by atoms with Crippen molar-refractivity contribution < 1.29 is 9.90 Å². The van der Waals surface area contributed by atoms with Gasteiger partial charge >= 0.3 is 5.97 Å². The summed E-state index contributed by atoms with van der Waals surface area (Å²) in [5.74, 6) is 0.157. The first-order valence-electron chi connectivity index (χ1n) is 5.50. The molecule has 0 aromatic heterocycles. The van der Waals surface area contributed by atoms with E-state index < -0.39 is 11.4 Å². The molecule has 0 amide bonds. The summed E-state index contributed by atoms with van der Waals surface area (Å²) in [4.78, 5) is 12.3. The van der Waals surface area contributed by atoms with Crippen molar-refractivity contribution in [3.05, 3.63) is 30.3 Å². The Morgan fingerprint density at radius 1 is 1.38 bits per heavy atom. The van der Waals surface area contributed by atoms with Gasteiger partial charge in [0.25, 0.3) is 0 Å². The molecule has 1 N–H and O–H groups in total. The van der Waals surface area contributed by atoms with E-state index in [0.717, 1.165) is 5.75 Å². The first kappa shape index (κ1) is 13.1. The monoisotopic (exact) mass is 238 g/mol. The lowest BCUT2D eigenvalue weighted by Gasteiger charge is -2.22. The molecular formula is C13H18O2S. The fourth-order valence-corrected chi connectivity index (χ4v) is 2.48. The Labute approximate surface area is 101 Å². The maximum absolute atomic E-state index is 11.1. The van der Waals surface area contributed by atoms with Crippen LogP contribution in [0.5, 0.6) is 0 Å². The number of carboxylic acids is 1. The number of carboxylic acid groups (broad SMARTS) is 1. The van der Waals surface area contributed by atoms with Gasteiger partial charge in [0.15, 0.2) is 0 Å². The van der Waals surface area contributed by atoms with Crippen molar-refractivity contribution in [3.63, 3.8) is 0 Å². The average Bonchev–Trinajstić information content (AvgIpc) is 2.30. The number of thioether (sulfide) groups is 1. The second kappa shape index (κ2) is 5.94. The van der Waals surface area contributed by atoms with Gasteiger partial charge in [-0.2, -0.15) is 0 Å². The van der Waals surface area contributed by atoms with Gasteiger partial charge in [0.2, 0.25) is 0 Å². The molecular weight excluding hydrogens is 220 g/mol. The van der Waals surface area contributed by atoms with Crippen LogP contribution < -0.4 is 0 Å². The lowest BCUT2D eigenvalue weighted by molar-refractivity contribution is -0.148. The average molecular weight is 238 g/mol. The van der Waals surface area contributed by atoms with Crippen LogP contribution in [-0.4, -0.2) is 16.8 Å². The molecule has 1 rings (SSSR count). The quantitative estimate of drug-likeness (QED) is 0.768. The van der Waals surface area contributed by atoms with Crippen molar-refractivity contribution in [1.82, 2.24) is 0 Å². The van der Waals surface area contributed by atoms with E-state index in [2.05, 4.69) is 12.1 Å². The Bertz CT molecular complexity index is 337. The molecule has 3 heteroatoms. The molecule has 0 aliphatic heterocycles. The van der Waals surface area contributed by atoms with Gasteiger partial charge in [0, 0.05) is 4.90 Å². The Balaban J connectivity index is 2.43. The van der Waals surface area contributed by atoms with Gasteiger partial charge in [-0.3, -0.25) is 4.79 Å². The highest BCUT2D eigenvalue weighted by molar-refractivity contribution is 7.99. The topological polar surface area (TPSA) is 37.3 Å². The van der Waals surface area contributed by atoms with Crippen LogP contribution in [0.1, 0.15) is 26.7 Å². The third-order valence-corrected chi connectivity index (χ3v) is 3.98. The molecule has 1 aromatic rings.